The molecule has 3 atom stereocenters. The number of anilines is 1. The van der Waals surface area contributed by atoms with Crippen molar-refractivity contribution in [1.82, 2.24) is 15.0 Å². The number of aromatic nitrogens is 3. The molecular weight excluding hydrogens is 401 g/mol. The average molecular weight is 421 g/mol. The Morgan fingerprint density at radius 3 is 3.05 bits per heavy atom. The third-order valence-corrected chi connectivity index (χ3v) is 4.75. The summed E-state index contributed by atoms with van der Waals surface area (Å²) in [5.74, 6) is 1.90. The van der Waals surface area contributed by atoms with Crippen LogP contribution in [0.3, 0.4) is 0 Å². The first-order chi connectivity index (χ1) is 9.69. The molecule has 21 heavy (non-hydrogen) atoms. The normalized spacial score (nSPS) is 25.1. The molecule has 1 saturated heterocycles. The van der Waals surface area contributed by atoms with E-state index >= 15 is 0 Å². The number of nitrogens with zero attached hydrogens (tertiary/aromatic N) is 2. The fourth-order valence-electron chi connectivity index (χ4n) is 3.00. The number of hydrogen-bond acceptors (Lipinski definition) is 5. The largest absolute Gasteiger partial charge is 1.00 e. The van der Waals surface area contributed by atoms with Gasteiger partial charge in [0.1, 0.15) is 36.6 Å². The second kappa shape index (κ2) is 7.12. The molecule has 0 amide bonds. The average Bonchev–Trinajstić information content (AvgIpc) is 2.97. The summed E-state index contributed by atoms with van der Waals surface area (Å²) >= 11 is 1.80. The Kier molecular flexibility index (Phi) is 5.69. The summed E-state index contributed by atoms with van der Waals surface area (Å²) in [4.78, 5) is 12.8. The maximum absolute atomic E-state index is 10.1. The van der Waals surface area contributed by atoms with Crippen molar-refractivity contribution >= 4 is 28.6 Å². The Bertz CT molecular complexity index is 607. The lowest BCUT2D eigenvalue weighted by atomic mass is 10.1. The highest BCUT2D eigenvalue weighted by molar-refractivity contribution is 7.98. The van der Waals surface area contributed by atoms with Gasteiger partial charge in [0.2, 0.25) is 0 Å². The molecule has 0 saturated carbocycles. The van der Waals surface area contributed by atoms with E-state index in [9.17, 15) is 5.11 Å². The van der Waals surface area contributed by atoms with Crippen molar-refractivity contribution < 1.29 is 34.0 Å². The molecule has 0 aliphatic carbocycles. The number of nitrogen functional groups attached to an aromatic ring is 1. The molecule has 0 aromatic carbocycles. The van der Waals surface area contributed by atoms with E-state index in [2.05, 4.69) is 21.2 Å². The molecule has 3 rings (SSSR count). The summed E-state index contributed by atoms with van der Waals surface area (Å²) in [7, 11) is 0. The minimum Gasteiger partial charge on any atom is -1.00 e. The molecule has 1 unspecified atom stereocenters. The zero-order valence-electron chi connectivity index (χ0n) is 11.8. The van der Waals surface area contributed by atoms with Crippen molar-refractivity contribution in [3.63, 3.8) is 0 Å². The van der Waals surface area contributed by atoms with E-state index < -0.39 is 0 Å². The van der Waals surface area contributed by atoms with Crippen LogP contribution in [-0.4, -0.2) is 51.3 Å². The molecule has 2 aromatic heterocycles. The van der Waals surface area contributed by atoms with Gasteiger partial charge in [0, 0.05) is 17.9 Å². The molecule has 116 valence electrons. The first-order valence-corrected chi connectivity index (χ1v) is 8.15. The highest BCUT2D eigenvalue weighted by atomic mass is 127. The summed E-state index contributed by atoms with van der Waals surface area (Å²) in [5.41, 5.74) is 8.67. The van der Waals surface area contributed by atoms with E-state index in [4.69, 9.17) is 5.73 Å². The van der Waals surface area contributed by atoms with E-state index in [0.29, 0.717) is 11.7 Å². The lowest BCUT2D eigenvalue weighted by Gasteiger charge is -2.11. The van der Waals surface area contributed by atoms with Crippen LogP contribution in [0.25, 0.3) is 11.0 Å². The molecule has 0 radical (unpaired) electrons. The van der Waals surface area contributed by atoms with Gasteiger partial charge >= 0.3 is 0 Å². The molecule has 5 N–H and O–H groups in total. The highest BCUT2D eigenvalue weighted by Crippen LogP contribution is 2.19. The van der Waals surface area contributed by atoms with Gasteiger partial charge in [-0.25, -0.2) is 9.97 Å². The number of hydrogen-bond donors (Lipinski definition) is 4. The summed E-state index contributed by atoms with van der Waals surface area (Å²) in [5, 5.41) is 10.1. The number of nitrogens with one attached hydrogen (secondary N) is 2. The van der Waals surface area contributed by atoms with Gasteiger partial charge in [0.05, 0.1) is 12.1 Å². The van der Waals surface area contributed by atoms with Crippen LogP contribution in [-0.2, 0) is 6.54 Å². The van der Waals surface area contributed by atoms with Gasteiger partial charge < -0.3 is 44.7 Å². The first-order valence-electron chi connectivity index (χ1n) is 6.76. The Morgan fingerprint density at radius 1 is 1.48 bits per heavy atom. The first kappa shape index (κ1) is 16.8. The number of aromatic amines is 1. The van der Waals surface area contributed by atoms with E-state index in [1.807, 2.05) is 6.20 Å². The number of nitrogens with two attached hydrogens (primary N) is 1. The number of halogens is 1. The Balaban J connectivity index is 0.00000161. The van der Waals surface area contributed by atoms with Crippen molar-refractivity contribution in [1.29, 1.82) is 0 Å². The molecule has 1 aliphatic rings. The minimum atomic E-state index is -0.192. The van der Waals surface area contributed by atoms with Gasteiger partial charge in [-0.15, -0.1) is 0 Å². The molecule has 6 nitrogen and oxygen atoms in total. The monoisotopic (exact) mass is 421 g/mol. The second-order valence-corrected chi connectivity index (χ2v) is 6.32. The van der Waals surface area contributed by atoms with Gasteiger partial charge in [0.25, 0.3) is 0 Å². The number of aliphatic hydroxyl groups is 1. The van der Waals surface area contributed by atoms with Gasteiger partial charge in [-0.2, -0.15) is 11.8 Å². The standard InChI is InChI=1S/C13H19N5OS.HI/c1-20-6-9-4-18(5-10(9)19)3-8-2-15-12-11(8)16-7-17-13(12)14;/h2,7,9-10,15,19H,3-6H2,1H3,(H2,14,16,17);1H/t9-,10+;/m1./s1. The third kappa shape index (κ3) is 3.43. The molecule has 0 bridgehead atoms. The van der Waals surface area contributed by atoms with Crippen molar-refractivity contribution in [3.05, 3.63) is 18.1 Å². The summed E-state index contributed by atoms with van der Waals surface area (Å²) < 4.78 is 0. The van der Waals surface area contributed by atoms with Crippen molar-refractivity contribution in [2.45, 2.75) is 12.6 Å². The predicted molar refractivity (Wildman–Crippen MR) is 80.6 cm³/mol. The number of rotatable bonds is 4. The number of H-pyrrole nitrogens is 1. The Morgan fingerprint density at radius 2 is 2.29 bits per heavy atom. The minimum absolute atomic E-state index is 0. The Hall–Kier alpha value is -0.580. The predicted octanol–water partition coefficient (Wildman–Crippen LogP) is -3.72. The summed E-state index contributed by atoms with van der Waals surface area (Å²) in [6.45, 7) is 2.67. The summed E-state index contributed by atoms with van der Waals surface area (Å²) in [6.07, 6.45) is 5.35. The van der Waals surface area contributed by atoms with Crippen LogP contribution in [0.15, 0.2) is 12.5 Å². The van der Waals surface area contributed by atoms with Crippen molar-refractivity contribution in [2.24, 2.45) is 5.92 Å². The van der Waals surface area contributed by atoms with Crippen LogP contribution in [0.1, 0.15) is 5.56 Å². The molecule has 3 heterocycles. The number of quaternary nitrogens is 1. The number of aliphatic hydroxyl groups excluding tert-OH is 1. The SMILES string of the molecule is CSC[C@H]1C[NH+](Cc2c[nH]c3c(N)ncnc23)C[C@@H]1O.[I-]. The summed E-state index contributed by atoms with van der Waals surface area (Å²) in [6, 6.07) is 0. The molecule has 1 aliphatic heterocycles. The van der Waals surface area contributed by atoms with Gasteiger partial charge in [-0.3, -0.25) is 0 Å². The Labute approximate surface area is 144 Å². The third-order valence-electron chi connectivity index (χ3n) is 3.99. The zero-order chi connectivity index (χ0) is 14.1. The van der Waals surface area contributed by atoms with Crippen LogP contribution in [0.5, 0.6) is 0 Å². The van der Waals surface area contributed by atoms with Crippen molar-refractivity contribution in [3.8, 4) is 0 Å². The number of fused-ring (bicyclic) bond motifs is 1. The fourth-order valence-corrected chi connectivity index (χ4v) is 3.77. The molecule has 1 fully saturated rings. The lowest BCUT2D eigenvalue weighted by Crippen LogP contribution is -3.09. The van der Waals surface area contributed by atoms with Gasteiger partial charge in [-0.05, 0) is 6.26 Å². The quantitative estimate of drug-likeness (QED) is 0.382. The van der Waals surface area contributed by atoms with Crippen LogP contribution in [0.2, 0.25) is 0 Å². The maximum Gasteiger partial charge on any atom is 0.151 e. The zero-order valence-corrected chi connectivity index (χ0v) is 14.8. The van der Waals surface area contributed by atoms with Crippen LogP contribution < -0.4 is 34.6 Å². The van der Waals surface area contributed by atoms with E-state index in [-0.39, 0.29) is 30.1 Å². The highest BCUT2D eigenvalue weighted by Gasteiger charge is 2.34. The number of thioether (sulfide) groups is 1. The maximum atomic E-state index is 10.1. The van der Waals surface area contributed by atoms with Crippen LogP contribution >= 0.6 is 11.8 Å². The second-order valence-electron chi connectivity index (χ2n) is 5.41. The fraction of sp³-hybridized carbons (Fsp3) is 0.538. The van der Waals surface area contributed by atoms with Gasteiger partial charge in [-0.1, -0.05) is 0 Å². The van der Waals surface area contributed by atoms with E-state index in [0.717, 1.165) is 42.0 Å². The van der Waals surface area contributed by atoms with Crippen LogP contribution in [0.4, 0.5) is 5.82 Å². The molecule has 8 heteroatoms. The van der Waals surface area contributed by atoms with E-state index in [1.165, 1.54) is 11.2 Å². The van der Waals surface area contributed by atoms with Crippen LogP contribution in [0, 0.1) is 5.92 Å². The smallest absolute Gasteiger partial charge is 0.151 e. The number of likely N-dealkylation sites (tertiary alicyclic amines) is 1. The molecular formula is C13H20IN5OS. The van der Waals surface area contributed by atoms with Crippen molar-refractivity contribution in [2.75, 3.05) is 30.8 Å². The van der Waals surface area contributed by atoms with E-state index in [1.54, 1.807) is 11.8 Å². The topological polar surface area (TPSA) is 92.3 Å². The molecule has 2 aromatic rings. The molecule has 0 spiro atoms. The van der Waals surface area contributed by atoms with Gasteiger partial charge in [0.15, 0.2) is 5.82 Å². The lowest BCUT2D eigenvalue weighted by molar-refractivity contribution is -0.903.